The monoisotopic (exact) mass is 330 g/mol. The van der Waals surface area contributed by atoms with E-state index in [9.17, 15) is 5.11 Å². The van der Waals surface area contributed by atoms with Gasteiger partial charge in [-0.15, -0.1) is 0 Å². The van der Waals surface area contributed by atoms with Gasteiger partial charge < -0.3 is 27.1 Å². The Morgan fingerprint density at radius 2 is 2.00 bits per heavy atom. The quantitative estimate of drug-likeness (QED) is 0.562. The number of halogens is 1. The summed E-state index contributed by atoms with van der Waals surface area (Å²) in [6, 6.07) is 12.6. The average molecular weight is 331 g/mol. The highest BCUT2D eigenvalue weighted by atomic mass is 79.9. The second-order valence-electron chi connectivity index (χ2n) is 5.05. The number of benzene rings is 1. The number of aliphatic hydroxyl groups is 1. The lowest BCUT2D eigenvalue weighted by Crippen LogP contribution is -3.00. The normalized spacial score (nSPS) is 12.7. The number of nitrogens with one attached hydrogen (secondary N) is 1. The molecule has 0 radical (unpaired) electrons. The smallest absolute Gasteiger partial charge is 0.229 e. The summed E-state index contributed by atoms with van der Waals surface area (Å²) in [6.45, 7) is 1.07. The second-order valence-corrected chi connectivity index (χ2v) is 5.05. The number of rotatable bonds is 1. The first-order chi connectivity index (χ1) is 9.36. The lowest BCUT2D eigenvalue weighted by molar-refractivity contribution is -0.688. The van der Waals surface area contributed by atoms with Gasteiger partial charge in [-0.1, -0.05) is 18.2 Å². The van der Waals surface area contributed by atoms with E-state index >= 15 is 0 Å². The summed E-state index contributed by atoms with van der Waals surface area (Å²) < 4.78 is 2.23. The number of aromatic nitrogens is 2. The molecule has 1 aromatic carbocycles. The number of H-pyrrole nitrogens is 1. The van der Waals surface area contributed by atoms with E-state index in [1.807, 2.05) is 12.3 Å². The fourth-order valence-electron chi connectivity index (χ4n) is 3.01. The number of aliphatic hydroxyl groups excluding tert-OH is 1. The predicted octanol–water partition coefficient (Wildman–Crippen LogP) is -0.825. The van der Waals surface area contributed by atoms with E-state index < -0.39 is 0 Å². The number of fused-ring (bicyclic) bond motifs is 5. The van der Waals surface area contributed by atoms with Gasteiger partial charge in [0.15, 0.2) is 12.7 Å². The van der Waals surface area contributed by atoms with E-state index in [4.69, 9.17) is 0 Å². The molecule has 3 aromatic rings. The average Bonchev–Trinajstić information content (AvgIpc) is 2.85. The van der Waals surface area contributed by atoms with Crippen molar-refractivity contribution < 1.29 is 26.7 Å². The highest BCUT2D eigenvalue weighted by molar-refractivity contribution is 5.90. The van der Waals surface area contributed by atoms with E-state index in [2.05, 4.69) is 39.9 Å². The molecule has 102 valence electrons. The minimum atomic E-state index is 0. The van der Waals surface area contributed by atoms with Gasteiger partial charge >= 0.3 is 0 Å². The Balaban J connectivity index is 0.00000121. The molecule has 0 unspecified atom stereocenters. The number of aryl methyl sites for hydroxylation is 2. The topological polar surface area (TPSA) is 39.9 Å². The van der Waals surface area contributed by atoms with Gasteiger partial charge in [-0.2, -0.15) is 4.57 Å². The Kier molecular flexibility index (Phi) is 3.36. The summed E-state index contributed by atoms with van der Waals surface area (Å²) in [5.74, 6) is 0. The highest BCUT2D eigenvalue weighted by Crippen LogP contribution is 2.31. The molecule has 0 saturated heterocycles. The number of aromatic amines is 1. The lowest BCUT2D eigenvalue weighted by Gasteiger charge is -2.11. The SMILES string of the molecule is OCc1ccc2[n+](c1)CCc1c-2[nH]c2ccccc12.[Br-]. The minimum Gasteiger partial charge on any atom is -1.00 e. The van der Waals surface area contributed by atoms with Crippen molar-refractivity contribution in [2.45, 2.75) is 19.6 Å². The fraction of sp³-hybridized carbons (Fsp3) is 0.188. The van der Waals surface area contributed by atoms with Crippen LogP contribution in [0, 0.1) is 0 Å². The summed E-state index contributed by atoms with van der Waals surface area (Å²) in [6.07, 6.45) is 3.08. The molecule has 3 heterocycles. The zero-order valence-electron chi connectivity index (χ0n) is 10.9. The summed E-state index contributed by atoms with van der Waals surface area (Å²) in [7, 11) is 0. The van der Waals surface area contributed by atoms with E-state index in [0.29, 0.717) is 0 Å². The zero-order chi connectivity index (χ0) is 12.8. The van der Waals surface area contributed by atoms with Gasteiger partial charge in [0.2, 0.25) is 5.69 Å². The molecule has 0 atom stereocenters. The van der Waals surface area contributed by atoms with Gasteiger partial charge in [0.1, 0.15) is 5.69 Å². The van der Waals surface area contributed by atoms with Crippen molar-refractivity contribution >= 4 is 10.9 Å². The Hall–Kier alpha value is -1.65. The molecule has 0 saturated carbocycles. The van der Waals surface area contributed by atoms with E-state index in [-0.39, 0.29) is 23.6 Å². The van der Waals surface area contributed by atoms with Crippen molar-refractivity contribution in [2.24, 2.45) is 0 Å². The molecule has 0 spiro atoms. The van der Waals surface area contributed by atoms with Gasteiger partial charge in [-0.25, -0.2) is 0 Å². The molecule has 1 aliphatic rings. The number of para-hydroxylation sites is 1. The molecule has 0 bridgehead atoms. The molecule has 0 amide bonds. The van der Waals surface area contributed by atoms with Crippen LogP contribution in [0.3, 0.4) is 0 Å². The maximum absolute atomic E-state index is 9.23. The van der Waals surface area contributed by atoms with Gasteiger partial charge in [-0.05, 0) is 17.7 Å². The van der Waals surface area contributed by atoms with Gasteiger partial charge in [-0.3, -0.25) is 0 Å². The molecular weight excluding hydrogens is 316 g/mol. The van der Waals surface area contributed by atoms with Gasteiger partial charge in [0.25, 0.3) is 0 Å². The molecule has 3 nitrogen and oxygen atoms in total. The first-order valence-electron chi connectivity index (χ1n) is 6.60. The Morgan fingerprint density at radius 3 is 2.85 bits per heavy atom. The van der Waals surface area contributed by atoms with Gasteiger partial charge in [0.05, 0.1) is 6.61 Å². The third-order valence-corrected chi connectivity index (χ3v) is 3.94. The molecule has 0 aliphatic carbocycles. The molecule has 20 heavy (non-hydrogen) atoms. The van der Waals surface area contributed by atoms with E-state index in [1.54, 1.807) is 0 Å². The summed E-state index contributed by atoms with van der Waals surface area (Å²) in [5, 5.41) is 10.6. The van der Waals surface area contributed by atoms with E-state index in [1.165, 1.54) is 27.9 Å². The fourth-order valence-corrected chi connectivity index (χ4v) is 3.01. The zero-order valence-corrected chi connectivity index (χ0v) is 12.5. The van der Waals surface area contributed by atoms with E-state index in [0.717, 1.165) is 18.5 Å². The van der Waals surface area contributed by atoms with Crippen LogP contribution in [0.4, 0.5) is 0 Å². The van der Waals surface area contributed by atoms with Crippen LogP contribution in [-0.2, 0) is 19.6 Å². The minimum absolute atomic E-state index is 0. The first-order valence-corrected chi connectivity index (χ1v) is 6.60. The number of nitrogens with zero attached hydrogens (tertiary/aromatic N) is 1. The molecule has 2 N–H and O–H groups in total. The molecule has 2 aromatic heterocycles. The third kappa shape index (κ3) is 1.87. The van der Waals surface area contributed by atoms with Crippen LogP contribution in [-0.4, -0.2) is 10.1 Å². The van der Waals surface area contributed by atoms with Crippen LogP contribution >= 0.6 is 0 Å². The van der Waals surface area contributed by atoms with Crippen LogP contribution in [0.2, 0.25) is 0 Å². The maximum Gasteiger partial charge on any atom is 0.229 e. The Labute approximate surface area is 127 Å². The van der Waals surface area contributed by atoms with Crippen LogP contribution in [0.25, 0.3) is 22.3 Å². The molecule has 4 rings (SSSR count). The predicted molar refractivity (Wildman–Crippen MR) is 73.6 cm³/mol. The van der Waals surface area contributed by atoms with Crippen LogP contribution in [0.15, 0.2) is 42.6 Å². The van der Waals surface area contributed by atoms with Crippen molar-refractivity contribution in [3.05, 3.63) is 53.7 Å². The molecule has 0 fully saturated rings. The maximum atomic E-state index is 9.23. The van der Waals surface area contributed by atoms with Crippen molar-refractivity contribution in [1.29, 1.82) is 0 Å². The molecule has 1 aliphatic heterocycles. The summed E-state index contributed by atoms with van der Waals surface area (Å²) >= 11 is 0. The van der Waals surface area contributed by atoms with Crippen LogP contribution in [0.1, 0.15) is 11.1 Å². The van der Waals surface area contributed by atoms with Crippen molar-refractivity contribution in [2.75, 3.05) is 0 Å². The number of pyridine rings is 1. The number of hydrogen-bond donors (Lipinski definition) is 2. The Bertz CT molecular complexity index is 779. The van der Waals surface area contributed by atoms with Gasteiger partial charge in [0, 0.05) is 29.0 Å². The molecular formula is C16H15BrN2O. The highest BCUT2D eigenvalue weighted by Gasteiger charge is 2.26. The second kappa shape index (κ2) is 5.04. The van der Waals surface area contributed by atoms with Crippen molar-refractivity contribution in [3.63, 3.8) is 0 Å². The first kappa shape index (κ1) is 13.3. The third-order valence-electron chi connectivity index (χ3n) is 3.94. The number of hydrogen-bond acceptors (Lipinski definition) is 1. The summed E-state index contributed by atoms with van der Waals surface area (Å²) in [4.78, 5) is 3.53. The van der Waals surface area contributed by atoms with Crippen LogP contribution < -0.4 is 21.5 Å². The molecule has 4 heteroatoms. The standard InChI is InChI=1S/C16H14N2O.BrH/c19-10-11-5-6-15-16-13(7-8-18(15)9-11)12-3-1-2-4-14(12)17-16;/h1-6,9,19H,7-8,10H2;1H. The summed E-state index contributed by atoms with van der Waals surface area (Å²) in [5.41, 5.74) is 5.99. The lowest BCUT2D eigenvalue weighted by atomic mass is 10.0. The largest absolute Gasteiger partial charge is 1.00 e. The van der Waals surface area contributed by atoms with Crippen LogP contribution in [0.5, 0.6) is 0 Å². The van der Waals surface area contributed by atoms with Crippen molar-refractivity contribution in [3.8, 4) is 11.4 Å². The van der Waals surface area contributed by atoms with Crippen molar-refractivity contribution in [1.82, 2.24) is 4.98 Å². The Morgan fingerprint density at radius 1 is 1.15 bits per heavy atom.